The first-order valence-corrected chi connectivity index (χ1v) is 9.17. The lowest BCUT2D eigenvalue weighted by Gasteiger charge is -2.28. The summed E-state index contributed by atoms with van der Waals surface area (Å²) in [4.78, 5) is 12.2. The predicted octanol–water partition coefficient (Wildman–Crippen LogP) is 0.0777. The molecule has 2 rings (SSSR count). The van der Waals surface area contributed by atoms with Crippen LogP contribution < -0.4 is 5.32 Å². The van der Waals surface area contributed by atoms with Crippen molar-refractivity contribution in [2.75, 3.05) is 19.3 Å². The number of rotatable bonds is 4. The summed E-state index contributed by atoms with van der Waals surface area (Å²) in [5, 5.41) is 12.7. The molecule has 1 heterocycles. The Kier molecular flexibility index (Phi) is 5.04. The van der Waals surface area contributed by atoms with Gasteiger partial charge in [0.2, 0.25) is 15.9 Å². The Hall–Kier alpha value is -0.660. The number of amides is 1. The van der Waals surface area contributed by atoms with Crippen LogP contribution in [0.25, 0.3) is 0 Å². The lowest BCUT2D eigenvalue weighted by atomic mass is 9.86. The highest BCUT2D eigenvalue weighted by atomic mass is 32.2. The summed E-state index contributed by atoms with van der Waals surface area (Å²) < 4.78 is 24.5. The molecule has 1 aliphatic carbocycles. The zero-order valence-electron chi connectivity index (χ0n) is 11.9. The molecule has 3 unspecified atom stereocenters. The van der Waals surface area contributed by atoms with Crippen LogP contribution >= 0.6 is 0 Å². The van der Waals surface area contributed by atoms with Crippen LogP contribution in [-0.4, -0.2) is 55.2 Å². The summed E-state index contributed by atoms with van der Waals surface area (Å²) in [5.74, 6) is -0.133. The van der Waals surface area contributed by atoms with E-state index in [0.717, 1.165) is 38.4 Å². The summed E-state index contributed by atoms with van der Waals surface area (Å²) in [7, 11) is -3.33. The number of sulfonamides is 1. The largest absolute Gasteiger partial charge is 0.393 e. The number of nitrogens with zero attached hydrogens (tertiary/aromatic N) is 1. The molecule has 6 nitrogen and oxygen atoms in total. The highest BCUT2D eigenvalue weighted by Crippen LogP contribution is 2.24. The molecule has 7 heteroatoms. The second kappa shape index (κ2) is 6.41. The Morgan fingerprint density at radius 3 is 2.60 bits per heavy atom. The SMILES string of the molecule is CS(=O)(=O)N1CCCC1C(=O)NCC1CCCCC1O. The van der Waals surface area contributed by atoms with E-state index in [4.69, 9.17) is 0 Å². The van der Waals surface area contributed by atoms with Crippen molar-refractivity contribution in [1.82, 2.24) is 9.62 Å². The standard InChI is InChI=1S/C13H24N2O4S/c1-20(18,19)15-8-4-6-11(15)13(17)14-9-10-5-2-3-7-12(10)16/h10-12,16H,2-9H2,1H3,(H,14,17). The molecule has 0 aromatic rings. The minimum absolute atomic E-state index is 0.0980. The van der Waals surface area contributed by atoms with Gasteiger partial charge in [0.25, 0.3) is 0 Å². The summed E-state index contributed by atoms with van der Waals surface area (Å²) in [6.07, 6.45) is 5.92. The molecule has 2 aliphatic rings. The van der Waals surface area contributed by atoms with Gasteiger partial charge < -0.3 is 10.4 Å². The Bertz CT molecular complexity index is 451. The highest BCUT2D eigenvalue weighted by Gasteiger charge is 2.36. The molecule has 1 saturated carbocycles. The average molecular weight is 304 g/mol. The van der Waals surface area contributed by atoms with Crippen molar-refractivity contribution in [2.24, 2.45) is 5.92 Å². The third kappa shape index (κ3) is 3.71. The van der Waals surface area contributed by atoms with Gasteiger partial charge in [0.15, 0.2) is 0 Å². The number of aliphatic hydroxyl groups is 1. The zero-order valence-corrected chi connectivity index (χ0v) is 12.7. The van der Waals surface area contributed by atoms with Crippen molar-refractivity contribution in [1.29, 1.82) is 0 Å². The number of carbonyl (C=O) groups excluding carboxylic acids is 1. The van der Waals surface area contributed by atoms with Crippen molar-refractivity contribution in [3.05, 3.63) is 0 Å². The molecule has 0 aromatic carbocycles. The Labute approximate surface area is 120 Å². The number of carbonyl (C=O) groups is 1. The van der Waals surface area contributed by atoms with Crippen molar-refractivity contribution in [3.8, 4) is 0 Å². The molecule has 0 aromatic heterocycles. The monoisotopic (exact) mass is 304 g/mol. The predicted molar refractivity (Wildman–Crippen MR) is 75.5 cm³/mol. The van der Waals surface area contributed by atoms with E-state index < -0.39 is 16.1 Å². The van der Waals surface area contributed by atoms with Gasteiger partial charge in [-0.15, -0.1) is 0 Å². The van der Waals surface area contributed by atoms with Crippen molar-refractivity contribution in [3.63, 3.8) is 0 Å². The van der Waals surface area contributed by atoms with Gasteiger partial charge >= 0.3 is 0 Å². The van der Waals surface area contributed by atoms with Gasteiger partial charge in [-0.3, -0.25) is 4.79 Å². The van der Waals surface area contributed by atoms with E-state index in [9.17, 15) is 18.3 Å². The van der Waals surface area contributed by atoms with Gasteiger partial charge in [0.05, 0.1) is 12.4 Å². The average Bonchev–Trinajstić information content (AvgIpc) is 2.86. The number of hydrogen-bond donors (Lipinski definition) is 2. The third-order valence-electron chi connectivity index (χ3n) is 4.34. The van der Waals surface area contributed by atoms with E-state index in [1.807, 2.05) is 0 Å². The minimum atomic E-state index is -3.33. The highest BCUT2D eigenvalue weighted by molar-refractivity contribution is 7.88. The molecule has 1 saturated heterocycles. The maximum absolute atomic E-state index is 12.2. The first kappa shape index (κ1) is 15.7. The topological polar surface area (TPSA) is 86.7 Å². The first-order valence-electron chi connectivity index (χ1n) is 7.32. The molecule has 0 bridgehead atoms. The van der Waals surface area contributed by atoms with Crippen molar-refractivity contribution >= 4 is 15.9 Å². The van der Waals surface area contributed by atoms with Gasteiger partial charge in [0, 0.05) is 19.0 Å². The van der Waals surface area contributed by atoms with Gasteiger partial charge in [-0.2, -0.15) is 4.31 Å². The van der Waals surface area contributed by atoms with E-state index in [1.165, 1.54) is 4.31 Å². The van der Waals surface area contributed by atoms with Gasteiger partial charge in [-0.1, -0.05) is 12.8 Å². The van der Waals surface area contributed by atoms with Crippen molar-refractivity contribution < 1.29 is 18.3 Å². The molecule has 2 N–H and O–H groups in total. The summed E-state index contributed by atoms with van der Waals surface area (Å²) in [6.45, 7) is 0.858. The van der Waals surface area contributed by atoms with Crippen LogP contribution in [0.3, 0.4) is 0 Å². The first-order chi connectivity index (χ1) is 9.39. The van der Waals surface area contributed by atoms with Crippen LogP contribution in [0.4, 0.5) is 0 Å². The zero-order chi connectivity index (χ0) is 14.8. The molecule has 3 atom stereocenters. The number of aliphatic hydroxyl groups excluding tert-OH is 1. The Morgan fingerprint density at radius 2 is 1.95 bits per heavy atom. The Morgan fingerprint density at radius 1 is 1.25 bits per heavy atom. The quantitative estimate of drug-likeness (QED) is 0.770. The molecule has 1 amide bonds. The fourth-order valence-corrected chi connectivity index (χ4v) is 4.30. The van der Waals surface area contributed by atoms with E-state index >= 15 is 0 Å². The molecule has 1 aliphatic heterocycles. The summed E-state index contributed by atoms with van der Waals surface area (Å²) in [6, 6.07) is -0.578. The van der Waals surface area contributed by atoms with Crippen LogP contribution in [-0.2, 0) is 14.8 Å². The fraction of sp³-hybridized carbons (Fsp3) is 0.923. The lowest BCUT2D eigenvalue weighted by Crippen LogP contribution is -2.47. The fourth-order valence-electron chi connectivity index (χ4n) is 3.17. The van der Waals surface area contributed by atoms with Crippen LogP contribution in [0.5, 0.6) is 0 Å². The maximum atomic E-state index is 12.2. The van der Waals surface area contributed by atoms with E-state index in [0.29, 0.717) is 19.5 Å². The molecule has 20 heavy (non-hydrogen) atoms. The molecular weight excluding hydrogens is 280 g/mol. The van der Waals surface area contributed by atoms with Crippen LogP contribution in [0, 0.1) is 5.92 Å². The van der Waals surface area contributed by atoms with E-state index in [1.54, 1.807) is 0 Å². The molecule has 2 fully saturated rings. The van der Waals surface area contributed by atoms with Crippen LogP contribution in [0.2, 0.25) is 0 Å². The molecule has 0 spiro atoms. The van der Waals surface area contributed by atoms with Gasteiger partial charge in [-0.05, 0) is 25.7 Å². The molecular formula is C13H24N2O4S. The lowest BCUT2D eigenvalue weighted by molar-refractivity contribution is -0.124. The second-order valence-electron chi connectivity index (χ2n) is 5.89. The minimum Gasteiger partial charge on any atom is -0.393 e. The van der Waals surface area contributed by atoms with Crippen molar-refractivity contribution in [2.45, 2.75) is 50.7 Å². The summed E-state index contributed by atoms with van der Waals surface area (Å²) in [5.41, 5.74) is 0. The smallest absolute Gasteiger partial charge is 0.238 e. The molecule has 0 radical (unpaired) electrons. The normalized spacial score (nSPS) is 32.2. The van der Waals surface area contributed by atoms with Crippen LogP contribution in [0.1, 0.15) is 38.5 Å². The Balaban J connectivity index is 1.88. The van der Waals surface area contributed by atoms with E-state index in [-0.39, 0.29) is 17.9 Å². The number of nitrogens with one attached hydrogen (secondary N) is 1. The summed E-state index contributed by atoms with van der Waals surface area (Å²) >= 11 is 0. The van der Waals surface area contributed by atoms with E-state index in [2.05, 4.69) is 5.32 Å². The van der Waals surface area contributed by atoms with Gasteiger partial charge in [-0.25, -0.2) is 8.42 Å². The van der Waals surface area contributed by atoms with Crippen LogP contribution in [0.15, 0.2) is 0 Å². The third-order valence-corrected chi connectivity index (χ3v) is 5.63. The second-order valence-corrected chi connectivity index (χ2v) is 7.82. The molecule has 116 valence electrons. The van der Waals surface area contributed by atoms with Gasteiger partial charge in [0.1, 0.15) is 6.04 Å². The maximum Gasteiger partial charge on any atom is 0.238 e. The number of hydrogen-bond acceptors (Lipinski definition) is 4.